The summed E-state index contributed by atoms with van der Waals surface area (Å²) >= 11 is 6.12. The molecule has 164 valence electrons. The van der Waals surface area contributed by atoms with Crippen LogP contribution in [0.2, 0.25) is 5.02 Å². The van der Waals surface area contributed by atoms with Crippen molar-refractivity contribution >= 4 is 34.9 Å². The van der Waals surface area contributed by atoms with Gasteiger partial charge in [0.05, 0.1) is 12.6 Å². The van der Waals surface area contributed by atoms with Crippen LogP contribution in [0.3, 0.4) is 0 Å². The van der Waals surface area contributed by atoms with Crippen LogP contribution in [0.1, 0.15) is 21.5 Å². The van der Waals surface area contributed by atoms with E-state index in [1.807, 2.05) is 36.4 Å². The zero-order valence-electron chi connectivity index (χ0n) is 17.6. The number of halogens is 1. The standard InChI is InChI=1S/C25H24ClN3O3/c1-29(16-23(30)28-25(32)21(27)14-17-8-4-2-5-9-17)22-13-12-19(26)15-20(22)24(31)18-10-6-3-7-11-18/h2-13,15,21H,14,16,27H2,1H3,(H,28,30,32)/t21-/m0/s1. The second-order valence-electron chi connectivity index (χ2n) is 7.42. The molecule has 0 radical (unpaired) electrons. The largest absolute Gasteiger partial charge is 0.365 e. The molecule has 0 saturated carbocycles. The fourth-order valence-corrected chi connectivity index (χ4v) is 3.47. The molecule has 0 aromatic heterocycles. The van der Waals surface area contributed by atoms with E-state index in [0.29, 0.717) is 28.3 Å². The minimum absolute atomic E-state index is 0.138. The lowest BCUT2D eigenvalue weighted by Gasteiger charge is -2.22. The number of likely N-dealkylation sites (N-methyl/N-ethyl adjacent to an activating group) is 1. The van der Waals surface area contributed by atoms with Crippen molar-refractivity contribution in [3.8, 4) is 0 Å². The van der Waals surface area contributed by atoms with Crippen LogP contribution in [-0.4, -0.2) is 37.2 Å². The van der Waals surface area contributed by atoms with Gasteiger partial charge in [0.25, 0.3) is 0 Å². The quantitative estimate of drug-likeness (QED) is 0.515. The van der Waals surface area contributed by atoms with Gasteiger partial charge in [-0.25, -0.2) is 0 Å². The molecular weight excluding hydrogens is 426 g/mol. The van der Waals surface area contributed by atoms with E-state index in [-0.39, 0.29) is 12.3 Å². The summed E-state index contributed by atoms with van der Waals surface area (Å²) in [5, 5.41) is 2.75. The summed E-state index contributed by atoms with van der Waals surface area (Å²) in [6, 6.07) is 22.2. The highest BCUT2D eigenvalue weighted by Gasteiger charge is 2.21. The van der Waals surface area contributed by atoms with Gasteiger partial charge in [-0.3, -0.25) is 19.7 Å². The second kappa shape index (κ2) is 10.7. The number of ketones is 1. The third-order valence-electron chi connectivity index (χ3n) is 4.93. The highest BCUT2D eigenvalue weighted by Crippen LogP contribution is 2.26. The zero-order chi connectivity index (χ0) is 23.1. The number of carbonyl (C=O) groups is 3. The lowest BCUT2D eigenvalue weighted by Crippen LogP contribution is -2.47. The number of nitrogens with zero attached hydrogens (tertiary/aromatic N) is 1. The topological polar surface area (TPSA) is 92.5 Å². The first-order valence-electron chi connectivity index (χ1n) is 10.1. The first kappa shape index (κ1) is 23.2. The molecule has 0 aliphatic rings. The number of amides is 2. The fourth-order valence-electron chi connectivity index (χ4n) is 3.30. The molecule has 32 heavy (non-hydrogen) atoms. The monoisotopic (exact) mass is 449 g/mol. The van der Waals surface area contributed by atoms with Gasteiger partial charge >= 0.3 is 0 Å². The Hall–Kier alpha value is -3.48. The van der Waals surface area contributed by atoms with Crippen molar-refractivity contribution in [1.82, 2.24) is 5.32 Å². The summed E-state index contributed by atoms with van der Waals surface area (Å²) in [7, 11) is 1.67. The summed E-state index contributed by atoms with van der Waals surface area (Å²) in [6.07, 6.45) is 0.322. The molecule has 0 bridgehead atoms. The molecule has 7 heteroatoms. The van der Waals surface area contributed by atoms with Gasteiger partial charge in [0.15, 0.2) is 5.78 Å². The van der Waals surface area contributed by atoms with Crippen LogP contribution in [0, 0.1) is 0 Å². The van der Waals surface area contributed by atoms with Gasteiger partial charge in [-0.1, -0.05) is 72.3 Å². The Morgan fingerprint density at radius 2 is 1.59 bits per heavy atom. The number of carbonyl (C=O) groups excluding carboxylic acids is 3. The number of hydrogen-bond donors (Lipinski definition) is 2. The molecule has 0 heterocycles. The van der Waals surface area contributed by atoms with Crippen molar-refractivity contribution in [3.63, 3.8) is 0 Å². The maximum absolute atomic E-state index is 13.0. The number of hydrogen-bond acceptors (Lipinski definition) is 5. The van der Waals surface area contributed by atoms with Crippen LogP contribution in [-0.2, 0) is 16.0 Å². The summed E-state index contributed by atoms with van der Waals surface area (Å²) in [6.45, 7) is -0.138. The van der Waals surface area contributed by atoms with E-state index in [1.54, 1.807) is 54.4 Å². The summed E-state index contributed by atoms with van der Waals surface area (Å²) in [5.41, 5.74) is 8.26. The SMILES string of the molecule is CN(CC(=O)NC(=O)[C@@H](N)Cc1ccccc1)c1ccc(Cl)cc1C(=O)c1ccccc1. The Morgan fingerprint density at radius 1 is 0.969 bits per heavy atom. The minimum Gasteiger partial charge on any atom is -0.365 e. The smallest absolute Gasteiger partial charge is 0.246 e. The molecule has 2 amide bonds. The average Bonchev–Trinajstić information content (AvgIpc) is 2.79. The highest BCUT2D eigenvalue weighted by atomic mass is 35.5. The molecule has 3 N–H and O–H groups in total. The molecule has 0 saturated heterocycles. The Kier molecular flexibility index (Phi) is 7.76. The van der Waals surface area contributed by atoms with Crippen LogP contribution < -0.4 is 16.0 Å². The van der Waals surface area contributed by atoms with Gasteiger partial charge < -0.3 is 10.6 Å². The van der Waals surface area contributed by atoms with E-state index < -0.39 is 17.9 Å². The van der Waals surface area contributed by atoms with E-state index in [2.05, 4.69) is 5.32 Å². The van der Waals surface area contributed by atoms with E-state index in [4.69, 9.17) is 17.3 Å². The van der Waals surface area contributed by atoms with Gasteiger partial charge in [0.1, 0.15) is 0 Å². The fraction of sp³-hybridized carbons (Fsp3) is 0.160. The van der Waals surface area contributed by atoms with Gasteiger partial charge in [0, 0.05) is 28.9 Å². The molecule has 0 aliphatic carbocycles. The number of nitrogens with one attached hydrogen (secondary N) is 1. The van der Waals surface area contributed by atoms with E-state index in [0.717, 1.165) is 5.56 Å². The molecule has 0 aliphatic heterocycles. The number of rotatable bonds is 8. The average molecular weight is 450 g/mol. The lowest BCUT2D eigenvalue weighted by molar-refractivity contribution is -0.130. The highest BCUT2D eigenvalue weighted by molar-refractivity contribution is 6.31. The molecule has 1 atom stereocenters. The van der Waals surface area contributed by atoms with E-state index >= 15 is 0 Å². The predicted octanol–water partition coefficient (Wildman–Crippen LogP) is 3.22. The van der Waals surface area contributed by atoms with Crippen LogP contribution in [0.25, 0.3) is 0 Å². The maximum Gasteiger partial charge on any atom is 0.246 e. The van der Waals surface area contributed by atoms with Crippen LogP contribution >= 0.6 is 11.6 Å². The molecule has 3 rings (SSSR count). The van der Waals surface area contributed by atoms with Crippen LogP contribution in [0.5, 0.6) is 0 Å². The molecule has 0 unspecified atom stereocenters. The predicted molar refractivity (Wildman–Crippen MR) is 126 cm³/mol. The molecule has 6 nitrogen and oxygen atoms in total. The Morgan fingerprint density at radius 3 is 2.25 bits per heavy atom. The van der Waals surface area contributed by atoms with Crippen molar-refractivity contribution in [2.75, 3.05) is 18.5 Å². The number of benzene rings is 3. The van der Waals surface area contributed by atoms with Crippen molar-refractivity contribution < 1.29 is 14.4 Å². The van der Waals surface area contributed by atoms with Gasteiger partial charge in [-0.05, 0) is 30.2 Å². The number of anilines is 1. The Bertz CT molecular complexity index is 1100. The van der Waals surface area contributed by atoms with Gasteiger partial charge in [0.2, 0.25) is 11.8 Å². The summed E-state index contributed by atoms with van der Waals surface area (Å²) in [5.74, 6) is -1.28. The molecule has 0 fully saturated rings. The summed E-state index contributed by atoms with van der Waals surface area (Å²) in [4.78, 5) is 39.4. The van der Waals surface area contributed by atoms with Gasteiger partial charge in [-0.15, -0.1) is 0 Å². The first-order valence-corrected chi connectivity index (χ1v) is 10.5. The van der Waals surface area contributed by atoms with E-state index in [9.17, 15) is 14.4 Å². The normalized spacial score (nSPS) is 11.5. The second-order valence-corrected chi connectivity index (χ2v) is 7.86. The molecule has 3 aromatic carbocycles. The third-order valence-corrected chi connectivity index (χ3v) is 5.16. The zero-order valence-corrected chi connectivity index (χ0v) is 18.4. The number of nitrogens with two attached hydrogens (primary N) is 1. The van der Waals surface area contributed by atoms with Crippen molar-refractivity contribution in [2.24, 2.45) is 5.73 Å². The van der Waals surface area contributed by atoms with E-state index in [1.165, 1.54) is 0 Å². The first-order chi connectivity index (χ1) is 15.3. The van der Waals surface area contributed by atoms with Crippen LogP contribution in [0.15, 0.2) is 78.9 Å². The lowest BCUT2D eigenvalue weighted by atomic mass is 10.0. The van der Waals surface area contributed by atoms with Crippen molar-refractivity contribution in [3.05, 3.63) is 101 Å². The maximum atomic E-state index is 13.0. The summed E-state index contributed by atoms with van der Waals surface area (Å²) < 4.78 is 0. The Labute approximate surface area is 192 Å². The van der Waals surface area contributed by atoms with Crippen molar-refractivity contribution in [2.45, 2.75) is 12.5 Å². The molecular formula is C25H24ClN3O3. The third kappa shape index (κ3) is 6.03. The number of imide groups is 1. The molecule has 0 spiro atoms. The molecule has 3 aromatic rings. The van der Waals surface area contributed by atoms with Crippen LogP contribution in [0.4, 0.5) is 5.69 Å². The minimum atomic E-state index is -0.850. The van der Waals surface area contributed by atoms with Gasteiger partial charge in [-0.2, -0.15) is 0 Å². The Balaban J connectivity index is 1.67. The van der Waals surface area contributed by atoms with Crippen molar-refractivity contribution in [1.29, 1.82) is 0 Å².